The fourth-order valence-corrected chi connectivity index (χ4v) is 3.07. The molecule has 14 heavy (non-hydrogen) atoms. The van der Waals surface area contributed by atoms with Gasteiger partial charge in [-0.2, -0.15) is 0 Å². The molecule has 0 saturated carbocycles. The molecule has 0 aromatic carbocycles. The van der Waals surface area contributed by atoms with Crippen LogP contribution in [-0.4, -0.2) is 19.3 Å². The molecule has 0 aliphatic carbocycles. The van der Waals surface area contributed by atoms with Gasteiger partial charge in [-0.15, -0.1) is 11.3 Å². The lowest BCUT2D eigenvalue weighted by Crippen LogP contribution is -2.25. The van der Waals surface area contributed by atoms with E-state index in [2.05, 4.69) is 32.7 Å². The van der Waals surface area contributed by atoms with Crippen LogP contribution in [0.3, 0.4) is 0 Å². The Morgan fingerprint density at radius 3 is 3.21 bits per heavy atom. The molecule has 1 aromatic rings. The van der Waals surface area contributed by atoms with Gasteiger partial charge in [0.05, 0.1) is 6.10 Å². The van der Waals surface area contributed by atoms with Crippen LogP contribution in [0.15, 0.2) is 15.9 Å². The van der Waals surface area contributed by atoms with Gasteiger partial charge in [-0.1, -0.05) is 0 Å². The Hall–Kier alpha value is 0.1000. The van der Waals surface area contributed by atoms with Crippen molar-refractivity contribution in [1.29, 1.82) is 0 Å². The zero-order valence-electron chi connectivity index (χ0n) is 7.96. The van der Waals surface area contributed by atoms with E-state index in [1.54, 1.807) is 11.3 Å². The number of rotatable bonds is 4. The van der Waals surface area contributed by atoms with Crippen LogP contribution in [0.2, 0.25) is 0 Å². The van der Waals surface area contributed by atoms with Gasteiger partial charge in [-0.05, 0) is 40.2 Å². The van der Waals surface area contributed by atoms with Gasteiger partial charge < -0.3 is 10.1 Å². The monoisotopic (exact) mass is 275 g/mol. The first kappa shape index (κ1) is 10.6. The molecule has 1 aromatic heterocycles. The summed E-state index contributed by atoms with van der Waals surface area (Å²) in [6, 6.07) is 2.09. The third-order valence-corrected chi connectivity index (χ3v) is 4.30. The van der Waals surface area contributed by atoms with Crippen molar-refractivity contribution in [2.24, 2.45) is 0 Å². The highest BCUT2D eigenvalue weighted by Gasteiger charge is 2.14. The van der Waals surface area contributed by atoms with E-state index in [0.717, 1.165) is 19.7 Å². The van der Waals surface area contributed by atoms with Crippen LogP contribution in [0, 0.1) is 0 Å². The lowest BCUT2D eigenvalue weighted by atomic mass is 10.2. The third kappa shape index (κ3) is 2.79. The standard InChI is InChI=1S/C10H14BrNOS/c11-9-3-5-14-10(9)7-12-6-8-2-1-4-13-8/h3,5,8,12H,1-2,4,6-7H2. The van der Waals surface area contributed by atoms with E-state index in [1.807, 2.05) is 0 Å². The second-order valence-corrected chi connectivity index (χ2v) is 5.31. The molecule has 4 heteroatoms. The zero-order valence-corrected chi connectivity index (χ0v) is 10.4. The molecule has 0 spiro atoms. The minimum atomic E-state index is 0.439. The first-order chi connectivity index (χ1) is 6.86. The fourth-order valence-electron chi connectivity index (χ4n) is 1.60. The molecule has 2 nitrogen and oxygen atoms in total. The van der Waals surface area contributed by atoms with E-state index in [-0.39, 0.29) is 0 Å². The smallest absolute Gasteiger partial charge is 0.0700 e. The maximum atomic E-state index is 5.53. The highest BCUT2D eigenvalue weighted by Crippen LogP contribution is 2.22. The van der Waals surface area contributed by atoms with E-state index < -0.39 is 0 Å². The molecule has 1 aliphatic heterocycles. The molecule has 2 rings (SSSR count). The molecule has 1 saturated heterocycles. The number of halogens is 1. The summed E-state index contributed by atoms with van der Waals surface area (Å²) in [6.07, 6.45) is 2.86. The summed E-state index contributed by atoms with van der Waals surface area (Å²) in [5, 5.41) is 5.53. The normalized spacial score (nSPS) is 21.6. The Morgan fingerprint density at radius 1 is 1.64 bits per heavy atom. The summed E-state index contributed by atoms with van der Waals surface area (Å²) >= 11 is 5.30. The van der Waals surface area contributed by atoms with Crippen LogP contribution in [0.5, 0.6) is 0 Å². The molecule has 78 valence electrons. The Bertz CT molecular complexity index is 283. The second-order valence-electron chi connectivity index (χ2n) is 3.46. The number of hydrogen-bond donors (Lipinski definition) is 1. The predicted molar refractivity (Wildman–Crippen MR) is 62.7 cm³/mol. The lowest BCUT2D eigenvalue weighted by Gasteiger charge is -2.09. The van der Waals surface area contributed by atoms with Crippen molar-refractivity contribution in [2.75, 3.05) is 13.2 Å². The molecule has 0 bridgehead atoms. The van der Waals surface area contributed by atoms with Gasteiger partial charge in [0, 0.05) is 29.0 Å². The second kappa shape index (κ2) is 5.26. The first-order valence-electron chi connectivity index (χ1n) is 4.90. The lowest BCUT2D eigenvalue weighted by molar-refractivity contribution is 0.110. The summed E-state index contributed by atoms with van der Waals surface area (Å²) in [7, 11) is 0. The Balaban J connectivity index is 1.70. The van der Waals surface area contributed by atoms with Crippen LogP contribution >= 0.6 is 27.3 Å². The van der Waals surface area contributed by atoms with Crippen LogP contribution in [0.4, 0.5) is 0 Å². The number of ether oxygens (including phenoxy) is 1. The molecular weight excluding hydrogens is 262 g/mol. The van der Waals surface area contributed by atoms with Crippen molar-refractivity contribution < 1.29 is 4.74 Å². The fraction of sp³-hybridized carbons (Fsp3) is 0.600. The van der Waals surface area contributed by atoms with Crippen LogP contribution in [-0.2, 0) is 11.3 Å². The van der Waals surface area contributed by atoms with E-state index in [4.69, 9.17) is 4.74 Å². The Morgan fingerprint density at radius 2 is 2.57 bits per heavy atom. The highest BCUT2D eigenvalue weighted by atomic mass is 79.9. The SMILES string of the molecule is Brc1ccsc1CNCC1CCCO1. The average molecular weight is 276 g/mol. The zero-order chi connectivity index (χ0) is 9.80. The minimum Gasteiger partial charge on any atom is -0.377 e. The Kier molecular flexibility index (Phi) is 3.99. The van der Waals surface area contributed by atoms with E-state index in [0.29, 0.717) is 6.10 Å². The van der Waals surface area contributed by atoms with Gasteiger partial charge in [0.2, 0.25) is 0 Å². The number of thiophene rings is 1. The summed E-state index contributed by atoms with van der Waals surface area (Å²) < 4.78 is 6.74. The van der Waals surface area contributed by atoms with Crippen molar-refractivity contribution >= 4 is 27.3 Å². The summed E-state index contributed by atoms with van der Waals surface area (Å²) in [5.74, 6) is 0. The van der Waals surface area contributed by atoms with Gasteiger partial charge in [-0.25, -0.2) is 0 Å². The molecule has 1 aliphatic rings. The quantitative estimate of drug-likeness (QED) is 0.913. The summed E-state index contributed by atoms with van der Waals surface area (Å²) in [6.45, 7) is 2.86. The summed E-state index contributed by atoms with van der Waals surface area (Å²) in [5.41, 5.74) is 0. The molecule has 1 fully saturated rings. The van der Waals surface area contributed by atoms with Crippen LogP contribution < -0.4 is 5.32 Å². The topological polar surface area (TPSA) is 21.3 Å². The molecule has 1 atom stereocenters. The predicted octanol–water partition coefficient (Wildman–Crippen LogP) is 2.78. The number of hydrogen-bond acceptors (Lipinski definition) is 3. The van der Waals surface area contributed by atoms with Gasteiger partial charge in [0.1, 0.15) is 0 Å². The van der Waals surface area contributed by atoms with E-state index >= 15 is 0 Å². The first-order valence-corrected chi connectivity index (χ1v) is 6.58. The number of nitrogens with one attached hydrogen (secondary N) is 1. The average Bonchev–Trinajstić information content (AvgIpc) is 2.78. The van der Waals surface area contributed by atoms with Crippen molar-refractivity contribution in [3.05, 3.63) is 20.8 Å². The summed E-state index contributed by atoms with van der Waals surface area (Å²) in [4.78, 5) is 1.36. The molecular formula is C10H14BrNOS. The molecule has 1 unspecified atom stereocenters. The Labute approximate surface area is 96.8 Å². The minimum absolute atomic E-state index is 0.439. The van der Waals surface area contributed by atoms with Gasteiger partial charge in [0.25, 0.3) is 0 Å². The highest BCUT2D eigenvalue weighted by molar-refractivity contribution is 9.10. The van der Waals surface area contributed by atoms with Crippen molar-refractivity contribution in [1.82, 2.24) is 5.32 Å². The van der Waals surface area contributed by atoms with Crippen molar-refractivity contribution in [2.45, 2.75) is 25.5 Å². The van der Waals surface area contributed by atoms with Gasteiger partial charge in [-0.3, -0.25) is 0 Å². The third-order valence-electron chi connectivity index (χ3n) is 2.37. The molecule has 1 N–H and O–H groups in total. The van der Waals surface area contributed by atoms with Gasteiger partial charge in [0.15, 0.2) is 0 Å². The van der Waals surface area contributed by atoms with E-state index in [9.17, 15) is 0 Å². The van der Waals surface area contributed by atoms with Gasteiger partial charge >= 0.3 is 0 Å². The van der Waals surface area contributed by atoms with Crippen LogP contribution in [0.25, 0.3) is 0 Å². The largest absolute Gasteiger partial charge is 0.377 e. The maximum Gasteiger partial charge on any atom is 0.0700 e. The maximum absolute atomic E-state index is 5.53. The molecule has 2 heterocycles. The van der Waals surface area contributed by atoms with Crippen LogP contribution in [0.1, 0.15) is 17.7 Å². The van der Waals surface area contributed by atoms with Crippen molar-refractivity contribution in [3.63, 3.8) is 0 Å². The molecule has 0 radical (unpaired) electrons. The van der Waals surface area contributed by atoms with Crippen molar-refractivity contribution in [3.8, 4) is 0 Å². The van der Waals surface area contributed by atoms with E-state index in [1.165, 1.54) is 22.2 Å². The molecule has 0 amide bonds.